The molecule has 25 heavy (non-hydrogen) atoms. The average molecular weight is 343 g/mol. The van der Waals surface area contributed by atoms with Gasteiger partial charge in [0, 0.05) is 37.5 Å². The molecule has 0 radical (unpaired) electrons. The third kappa shape index (κ3) is 4.02. The van der Waals surface area contributed by atoms with Crippen LogP contribution >= 0.6 is 0 Å². The summed E-state index contributed by atoms with van der Waals surface area (Å²) in [5, 5.41) is 1.51. The van der Waals surface area contributed by atoms with Gasteiger partial charge < -0.3 is 20.4 Å². The number of aromatic nitrogens is 1. The van der Waals surface area contributed by atoms with Crippen LogP contribution in [-0.4, -0.2) is 41.0 Å². The predicted molar refractivity (Wildman–Crippen MR) is 97.7 cm³/mol. The van der Waals surface area contributed by atoms with Gasteiger partial charge in [-0.15, -0.1) is 0 Å². The van der Waals surface area contributed by atoms with Crippen molar-refractivity contribution in [2.75, 3.05) is 13.1 Å². The van der Waals surface area contributed by atoms with Gasteiger partial charge in [0.1, 0.15) is 11.9 Å². The first-order chi connectivity index (χ1) is 12.1. The van der Waals surface area contributed by atoms with Crippen molar-refractivity contribution in [3.63, 3.8) is 0 Å². The molecule has 1 saturated heterocycles. The van der Waals surface area contributed by atoms with E-state index < -0.39 is 0 Å². The number of likely N-dealkylation sites (tertiary alicyclic amines) is 1. The van der Waals surface area contributed by atoms with E-state index in [2.05, 4.69) is 4.98 Å². The number of carbonyl (C=O) groups excluding carboxylic acids is 1. The molecule has 6 nitrogen and oxygen atoms in total. The van der Waals surface area contributed by atoms with Crippen molar-refractivity contribution < 1.29 is 9.53 Å². The van der Waals surface area contributed by atoms with E-state index >= 15 is 0 Å². The number of carbonyl (C=O) groups is 1. The third-order valence-electron chi connectivity index (χ3n) is 4.72. The van der Waals surface area contributed by atoms with Gasteiger partial charge in [-0.1, -0.05) is 13.3 Å². The molecule has 2 aromatic rings. The van der Waals surface area contributed by atoms with E-state index in [1.807, 2.05) is 30.0 Å². The zero-order chi connectivity index (χ0) is 17.8. The van der Waals surface area contributed by atoms with Gasteiger partial charge in [0.2, 0.25) is 5.91 Å². The number of H-pyrrole nitrogens is 1. The summed E-state index contributed by atoms with van der Waals surface area (Å²) in [6.45, 7) is 3.38. The summed E-state index contributed by atoms with van der Waals surface area (Å²) in [5.41, 5.74) is 5.83. The van der Waals surface area contributed by atoms with E-state index in [1.54, 1.807) is 12.3 Å². The Labute approximate surface area is 147 Å². The number of rotatable bonds is 5. The molecule has 1 atom stereocenters. The van der Waals surface area contributed by atoms with E-state index in [4.69, 9.17) is 10.5 Å². The second kappa shape index (κ2) is 7.70. The molecule has 3 N–H and O–H groups in total. The number of fused-ring (bicyclic) bond motifs is 1. The number of amides is 1. The molecule has 0 bridgehead atoms. The first-order valence-corrected chi connectivity index (χ1v) is 8.91. The summed E-state index contributed by atoms with van der Waals surface area (Å²) in [7, 11) is 0. The van der Waals surface area contributed by atoms with Crippen molar-refractivity contribution in [2.24, 2.45) is 5.73 Å². The maximum atomic E-state index is 12.3. The Hall–Kier alpha value is -2.34. The number of ether oxygens (including phenoxy) is 1. The van der Waals surface area contributed by atoms with Crippen LogP contribution < -0.4 is 16.0 Å². The van der Waals surface area contributed by atoms with Gasteiger partial charge in [-0.3, -0.25) is 9.59 Å². The van der Waals surface area contributed by atoms with Gasteiger partial charge in [-0.2, -0.15) is 0 Å². The summed E-state index contributed by atoms with van der Waals surface area (Å²) in [5.74, 6) is 0.802. The molecule has 134 valence electrons. The second-order valence-electron chi connectivity index (χ2n) is 6.59. The number of nitrogens with one attached hydrogen (secondary N) is 1. The third-order valence-corrected chi connectivity index (χ3v) is 4.72. The van der Waals surface area contributed by atoms with Crippen molar-refractivity contribution in [3.8, 4) is 5.75 Å². The van der Waals surface area contributed by atoms with Crippen molar-refractivity contribution in [1.82, 2.24) is 9.88 Å². The largest absolute Gasteiger partial charge is 0.490 e. The van der Waals surface area contributed by atoms with Gasteiger partial charge in [0.05, 0.1) is 6.04 Å². The van der Waals surface area contributed by atoms with Crippen molar-refractivity contribution in [3.05, 3.63) is 40.8 Å². The number of aromatic amines is 1. The fourth-order valence-corrected chi connectivity index (χ4v) is 3.30. The van der Waals surface area contributed by atoms with Crippen LogP contribution in [-0.2, 0) is 4.79 Å². The maximum absolute atomic E-state index is 12.3. The smallest absolute Gasteiger partial charge is 0.255 e. The lowest BCUT2D eigenvalue weighted by atomic mass is 10.1. The second-order valence-corrected chi connectivity index (χ2v) is 6.59. The van der Waals surface area contributed by atoms with Crippen LogP contribution in [0.2, 0.25) is 0 Å². The number of hydrogen-bond donors (Lipinski definition) is 2. The van der Waals surface area contributed by atoms with Crippen LogP contribution in [0.3, 0.4) is 0 Å². The lowest BCUT2D eigenvalue weighted by molar-refractivity contribution is -0.134. The summed E-state index contributed by atoms with van der Waals surface area (Å²) in [6.07, 6.45) is 4.93. The molecule has 1 aromatic carbocycles. The SMILES string of the molecule is CCCC(N)C(=O)N1CCC(Oc2ccc3c(=O)[nH]ccc3c2)CC1. The Morgan fingerprint density at radius 3 is 2.84 bits per heavy atom. The molecule has 0 spiro atoms. The highest BCUT2D eigenvalue weighted by Gasteiger charge is 2.26. The van der Waals surface area contributed by atoms with Gasteiger partial charge in [0.25, 0.3) is 5.56 Å². The molecule has 3 rings (SSSR count). The van der Waals surface area contributed by atoms with Crippen LogP contribution in [0.15, 0.2) is 35.3 Å². The number of piperidine rings is 1. The zero-order valence-corrected chi connectivity index (χ0v) is 14.5. The molecule has 1 aliphatic heterocycles. The Balaban J connectivity index is 1.59. The highest BCUT2D eigenvalue weighted by atomic mass is 16.5. The van der Waals surface area contributed by atoms with Crippen LogP contribution in [0.25, 0.3) is 10.8 Å². The van der Waals surface area contributed by atoms with E-state index in [0.717, 1.165) is 36.8 Å². The van der Waals surface area contributed by atoms with Gasteiger partial charge in [-0.25, -0.2) is 0 Å². The topological polar surface area (TPSA) is 88.4 Å². The van der Waals surface area contributed by atoms with Gasteiger partial charge in [-0.05, 0) is 36.1 Å². The number of pyridine rings is 1. The fourth-order valence-electron chi connectivity index (χ4n) is 3.30. The van der Waals surface area contributed by atoms with Gasteiger partial charge in [0.15, 0.2) is 0 Å². The minimum Gasteiger partial charge on any atom is -0.490 e. The highest BCUT2D eigenvalue weighted by Crippen LogP contribution is 2.22. The van der Waals surface area contributed by atoms with E-state index in [1.165, 1.54) is 0 Å². The zero-order valence-electron chi connectivity index (χ0n) is 14.5. The number of nitrogens with two attached hydrogens (primary N) is 1. The average Bonchev–Trinajstić information content (AvgIpc) is 2.62. The number of hydrogen-bond acceptors (Lipinski definition) is 4. The molecule has 1 amide bonds. The first kappa shape index (κ1) is 17.5. The number of benzene rings is 1. The van der Waals surface area contributed by atoms with Crippen molar-refractivity contribution in [2.45, 2.75) is 44.8 Å². The molecule has 0 aliphatic carbocycles. The molecule has 1 unspecified atom stereocenters. The standard InChI is InChI=1S/C19H25N3O3/c1-2-3-17(20)19(24)22-10-7-14(8-11-22)25-15-4-5-16-13(12-15)6-9-21-18(16)23/h4-6,9,12,14,17H,2-3,7-8,10-11,20H2,1H3,(H,21,23). The summed E-state index contributed by atoms with van der Waals surface area (Å²) >= 11 is 0. The highest BCUT2D eigenvalue weighted by molar-refractivity contribution is 5.83. The monoisotopic (exact) mass is 343 g/mol. The molecular formula is C19H25N3O3. The normalized spacial score (nSPS) is 16.8. The molecule has 1 aliphatic rings. The summed E-state index contributed by atoms with van der Waals surface area (Å²) in [4.78, 5) is 28.5. The minimum atomic E-state index is -0.388. The minimum absolute atomic E-state index is 0.0465. The Morgan fingerprint density at radius 2 is 2.12 bits per heavy atom. The van der Waals surface area contributed by atoms with Crippen LogP contribution in [0, 0.1) is 0 Å². The molecule has 0 saturated carbocycles. The molecule has 1 fully saturated rings. The van der Waals surface area contributed by atoms with E-state index in [-0.39, 0.29) is 23.6 Å². The molecule has 6 heteroatoms. The van der Waals surface area contributed by atoms with E-state index in [0.29, 0.717) is 18.5 Å². The lowest BCUT2D eigenvalue weighted by Gasteiger charge is -2.33. The Bertz CT molecular complexity index is 794. The van der Waals surface area contributed by atoms with Crippen LogP contribution in [0.5, 0.6) is 5.75 Å². The first-order valence-electron chi connectivity index (χ1n) is 8.91. The predicted octanol–water partition coefficient (Wildman–Crippen LogP) is 2.03. The number of nitrogens with zero attached hydrogens (tertiary/aromatic N) is 1. The van der Waals surface area contributed by atoms with Crippen molar-refractivity contribution in [1.29, 1.82) is 0 Å². The lowest BCUT2D eigenvalue weighted by Crippen LogP contribution is -2.48. The van der Waals surface area contributed by atoms with Crippen LogP contribution in [0.4, 0.5) is 0 Å². The summed E-state index contributed by atoms with van der Waals surface area (Å²) < 4.78 is 6.06. The van der Waals surface area contributed by atoms with Crippen LogP contribution in [0.1, 0.15) is 32.6 Å². The van der Waals surface area contributed by atoms with Crippen molar-refractivity contribution >= 4 is 16.7 Å². The maximum Gasteiger partial charge on any atom is 0.255 e. The van der Waals surface area contributed by atoms with Gasteiger partial charge >= 0.3 is 0 Å². The molecular weight excluding hydrogens is 318 g/mol. The molecule has 2 heterocycles. The Kier molecular flexibility index (Phi) is 5.38. The molecule has 1 aromatic heterocycles. The Morgan fingerprint density at radius 1 is 1.36 bits per heavy atom. The fraction of sp³-hybridized carbons (Fsp3) is 0.474. The summed E-state index contributed by atoms with van der Waals surface area (Å²) in [6, 6.07) is 6.97. The quantitative estimate of drug-likeness (QED) is 0.869. The van der Waals surface area contributed by atoms with E-state index in [9.17, 15) is 9.59 Å².